The normalized spacial score (nSPS) is 14.2. The third-order valence-electron chi connectivity index (χ3n) is 5.66. The van der Waals surface area contributed by atoms with Gasteiger partial charge in [-0.3, -0.25) is 4.79 Å². The summed E-state index contributed by atoms with van der Waals surface area (Å²) in [5, 5.41) is 2.86. The number of nitrogens with one attached hydrogen (secondary N) is 1. The van der Waals surface area contributed by atoms with Gasteiger partial charge in [0.15, 0.2) is 0 Å². The monoisotopic (exact) mass is 501 g/mol. The third-order valence-corrected chi connectivity index (χ3v) is 6.28. The molecule has 0 aliphatic heterocycles. The second-order valence-electron chi connectivity index (χ2n) is 8.59. The second-order valence-corrected chi connectivity index (χ2v) is 9.44. The summed E-state index contributed by atoms with van der Waals surface area (Å²) in [6.07, 6.45) is 6.35. The summed E-state index contributed by atoms with van der Waals surface area (Å²) in [5.74, 6) is 0.867. The molecule has 5 nitrogen and oxygen atoms in total. The summed E-state index contributed by atoms with van der Waals surface area (Å²) in [5.41, 5.74) is 2.42. The highest BCUT2D eigenvalue weighted by Crippen LogP contribution is 2.29. The number of anilines is 1. The van der Waals surface area contributed by atoms with Crippen molar-refractivity contribution >= 4 is 33.5 Å². The molecule has 0 unspecified atom stereocenters. The Labute approximate surface area is 199 Å². The molecule has 1 aliphatic rings. The zero-order chi connectivity index (χ0) is 22.9. The van der Waals surface area contributed by atoms with E-state index >= 15 is 0 Å². The Hall–Kier alpha value is -2.34. The zero-order valence-electron chi connectivity index (χ0n) is 18.9. The summed E-state index contributed by atoms with van der Waals surface area (Å²) in [6.45, 7) is 4.76. The molecule has 0 spiro atoms. The number of benzene rings is 2. The molecule has 0 atom stereocenters. The smallest absolute Gasteiger partial charge is 0.338 e. The van der Waals surface area contributed by atoms with Crippen molar-refractivity contribution in [1.82, 2.24) is 0 Å². The minimum absolute atomic E-state index is 0.0339. The summed E-state index contributed by atoms with van der Waals surface area (Å²) in [4.78, 5) is 24.5. The fourth-order valence-corrected chi connectivity index (χ4v) is 4.23. The maximum atomic E-state index is 12.3. The summed E-state index contributed by atoms with van der Waals surface area (Å²) >= 11 is 3.55. The van der Waals surface area contributed by atoms with Gasteiger partial charge < -0.3 is 14.8 Å². The lowest BCUT2D eigenvalue weighted by atomic mass is 9.98. The van der Waals surface area contributed by atoms with Gasteiger partial charge in [0.25, 0.3) is 0 Å². The van der Waals surface area contributed by atoms with E-state index in [4.69, 9.17) is 9.47 Å². The lowest BCUT2D eigenvalue weighted by Crippen LogP contribution is -2.21. The molecule has 2 aromatic rings. The molecule has 1 N–H and O–H groups in total. The predicted octanol–water partition coefficient (Wildman–Crippen LogP) is 6.86. The molecule has 6 heteroatoms. The summed E-state index contributed by atoms with van der Waals surface area (Å²) in [7, 11) is 0. The van der Waals surface area contributed by atoms with Crippen LogP contribution in [0.1, 0.15) is 80.6 Å². The molecule has 3 rings (SSSR count). The number of hydrogen-bond acceptors (Lipinski definition) is 4. The number of amides is 1. The van der Waals surface area contributed by atoms with E-state index in [0.717, 1.165) is 35.9 Å². The van der Waals surface area contributed by atoms with Gasteiger partial charge >= 0.3 is 5.97 Å². The first-order valence-corrected chi connectivity index (χ1v) is 12.2. The van der Waals surface area contributed by atoms with Gasteiger partial charge in [0.2, 0.25) is 5.91 Å². The summed E-state index contributed by atoms with van der Waals surface area (Å²) in [6, 6.07) is 13.0. The maximum Gasteiger partial charge on any atom is 0.338 e. The Balaban J connectivity index is 1.39. The van der Waals surface area contributed by atoms with Crippen LogP contribution >= 0.6 is 15.9 Å². The van der Waals surface area contributed by atoms with Gasteiger partial charge in [-0.25, -0.2) is 4.79 Å². The largest absolute Gasteiger partial charge is 0.492 e. The Morgan fingerprint density at radius 3 is 2.44 bits per heavy atom. The average Bonchev–Trinajstić information content (AvgIpc) is 2.78. The first kappa shape index (κ1) is 24.3. The lowest BCUT2D eigenvalue weighted by molar-refractivity contribution is -0.116. The highest BCUT2D eigenvalue weighted by Gasteiger charge is 2.18. The molecule has 1 amide bonds. The summed E-state index contributed by atoms with van der Waals surface area (Å²) < 4.78 is 12.3. The van der Waals surface area contributed by atoms with Crippen molar-refractivity contribution in [2.75, 3.05) is 11.9 Å². The Kier molecular flexibility index (Phi) is 9.15. The predicted molar refractivity (Wildman–Crippen MR) is 130 cm³/mol. The molecular formula is C26H32BrNO4. The fourth-order valence-electron chi connectivity index (χ4n) is 3.72. The highest BCUT2D eigenvalue weighted by molar-refractivity contribution is 9.10. The topological polar surface area (TPSA) is 64.6 Å². The molecule has 2 aromatic carbocycles. The molecule has 0 bridgehead atoms. The van der Waals surface area contributed by atoms with E-state index in [9.17, 15) is 9.59 Å². The first-order valence-electron chi connectivity index (χ1n) is 11.5. The van der Waals surface area contributed by atoms with Crippen molar-refractivity contribution in [3.8, 4) is 5.75 Å². The minimum Gasteiger partial charge on any atom is -0.492 e. The molecule has 0 saturated heterocycles. The standard InChI is InChI=1S/C26H32BrNO4/c1-18(2)20-12-15-24(23(27)17-20)31-16-6-9-25(29)28-21-13-10-19(11-14-21)26(30)32-22-7-4-3-5-8-22/h10-15,17-18,22H,3-9,16H2,1-2H3,(H,28,29). The molecule has 1 saturated carbocycles. The molecular weight excluding hydrogens is 470 g/mol. The van der Waals surface area contributed by atoms with E-state index in [1.165, 1.54) is 12.0 Å². The molecule has 32 heavy (non-hydrogen) atoms. The molecule has 0 aromatic heterocycles. The third kappa shape index (κ3) is 7.37. The number of carbonyl (C=O) groups excluding carboxylic acids is 2. The van der Waals surface area contributed by atoms with Crippen molar-refractivity contribution in [3.05, 3.63) is 58.1 Å². The number of hydrogen-bond donors (Lipinski definition) is 1. The van der Waals surface area contributed by atoms with Crippen LogP contribution in [0.15, 0.2) is 46.9 Å². The fraction of sp³-hybridized carbons (Fsp3) is 0.462. The minimum atomic E-state index is -0.292. The van der Waals surface area contributed by atoms with Crippen molar-refractivity contribution in [1.29, 1.82) is 0 Å². The van der Waals surface area contributed by atoms with E-state index in [2.05, 4.69) is 47.2 Å². The van der Waals surface area contributed by atoms with Crippen LogP contribution in [0.4, 0.5) is 5.69 Å². The molecule has 0 radical (unpaired) electrons. The van der Waals surface area contributed by atoms with Crippen LogP contribution in [0.5, 0.6) is 5.75 Å². The van der Waals surface area contributed by atoms with Gasteiger partial charge in [-0.05, 0) is 95.9 Å². The van der Waals surface area contributed by atoms with Gasteiger partial charge in [-0.15, -0.1) is 0 Å². The lowest BCUT2D eigenvalue weighted by Gasteiger charge is -2.21. The number of ether oxygens (including phenoxy) is 2. The van der Waals surface area contributed by atoms with Gasteiger partial charge in [0, 0.05) is 12.1 Å². The van der Waals surface area contributed by atoms with Crippen molar-refractivity contribution in [2.45, 2.75) is 70.8 Å². The van der Waals surface area contributed by atoms with Gasteiger partial charge in [0.1, 0.15) is 11.9 Å². The van der Waals surface area contributed by atoms with E-state index in [0.29, 0.717) is 36.6 Å². The molecule has 1 aliphatic carbocycles. The van der Waals surface area contributed by atoms with Crippen molar-refractivity contribution in [3.63, 3.8) is 0 Å². The molecule has 172 valence electrons. The van der Waals surface area contributed by atoms with Gasteiger partial charge in [-0.2, -0.15) is 0 Å². The van der Waals surface area contributed by atoms with Crippen molar-refractivity contribution in [2.24, 2.45) is 0 Å². The Bertz CT molecular complexity index is 905. The van der Waals surface area contributed by atoms with E-state index < -0.39 is 0 Å². The van der Waals surface area contributed by atoms with E-state index in [1.807, 2.05) is 6.07 Å². The average molecular weight is 502 g/mol. The first-order chi connectivity index (χ1) is 15.4. The zero-order valence-corrected chi connectivity index (χ0v) is 20.4. The number of carbonyl (C=O) groups is 2. The molecule has 1 fully saturated rings. The Morgan fingerprint density at radius 1 is 1.06 bits per heavy atom. The number of halogens is 1. The SMILES string of the molecule is CC(C)c1ccc(OCCCC(=O)Nc2ccc(C(=O)OC3CCCCC3)cc2)c(Br)c1. The van der Waals surface area contributed by atoms with Crippen LogP contribution in [0.25, 0.3) is 0 Å². The van der Waals surface area contributed by atoms with E-state index in [1.54, 1.807) is 24.3 Å². The van der Waals surface area contributed by atoms with E-state index in [-0.39, 0.29) is 18.0 Å². The number of esters is 1. The number of rotatable bonds is 9. The van der Waals surface area contributed by atoms with Crippen LogP contribution in [0.2, 0.25) is 0 Å². The van der Waals surface area contributed by atoms with Gasteiger partial charge in [0.05, 0.1) is 16.6 Å². The maximum absolute atomic E-state index is 12.3. The quantitative estimate of drug-likeness (QED) is 0.301. The molecule has 0 heterocycles. The van der Waals surface area contributed by atoms with Gasteiger partial charge in [-0.1, -0.05) is 26.3 Å². The van der Waals surface area contributed by atoms with Crippen LogP contribution in [0, 0.1) is 0 Å². The van der Waals surface area contributed by atoms with Crippen molar-refractivity contribution < 1.29 is 19.1 Å². The highest BCUT2D eigenvalue weighted by atomic mass is 79.9. The second kappa shape index (κ2) is 12.0. The van der Waals surface area contributed by atoms with Crippen LogP contribution in [0.3, 0.4) is 0 Å². The van der Waals surface area contributed by atoms with Crippen LogP contribution in [-0.2, 0) is 9.53 Å². The van der Waals surface area contributed by atoms with Crippen LogP contribution < -0.4 is 10.1 Å². The Morgan fingerprint density at radius 2 is 1.78 bits per heavy atom. The van der Waals surface area contributed by atoms with Crippen LogP contribution in [-0.4, -0.2) is 24.6 Å².